The van der Waals surface area contributed by atoms with E-state index in [9.17, 15) is 4.79 Å². The number of halogens is 2. The third-order valence-electron chi connectivity index (χ3n) is 5.25. The van der Waals surface area contributed by atoms with Crippen molar-refractivity contribution < 1.29 is 4.79 Å². The maximum Gasteiger partial charge on any atom is 0.233 e. The predicted octanol–water partition coefficient (Wildman–Crippen LogP) is 6.01. The summed E-state index contributed by atoms with van der Waals surface area (Å²) in [6.45, 7) is 2.40. The maximum absolute atomic E-state index is 12.6. The molecule has 156 valence electrons. The third kappa shape index (κ3) is 5.02. The van der Waals surface area contributed by atoms with E-state index in [-0.39, 0.29) is 5.91 Å². The van der Waals surface area contributed by atoms with Crippen LogP contribution in [0.1, 0.15) is 24.8 Å². The van der Waals surface area contributed by atoms with Crippen molar-refractivity contribution in [1.29, 1.82) is 0 Å². The Labute approximate surface area is 191 Å². The lowest BCUT2D eigenvalue weighted by molar-refractivity contribution is -0.129. The molecule has 0 bridgehead atoms. The Morgan fingerprint density at radius 1 is 1.00 bits per heavy atom. The number of benzene rings is 2. The highest BCUT2D eigenvalue weighted by atomic mass is 35.5. The van der Waals surface area contributed by atoms with Gasteiger partial charge in [0.05, 0.1) is 34.2 Å². The van der Waals surface area contributed by atoms with Crippen LogP contribution >= 0.6 is 35.0 Å². The van der Waals surface area contributed by atoms with Crippen molar-refractivity contribution >= 4 is 40.9 Å². The molecule has 0 N–H and O–H groups in total. The zero-order chi connectivity index (χ0) is 20.9. The maximum atomic E-state index is 12.6. The van der Waals surface area contributed by atoms with Gasteiger partial charge in [-0.25, -0.2) is 4.98 Å². The lowest BCUT2D eigenvalue weighted by Gasteiger charge is -2.26. The molecule has 30 heavy (non-hydrogen) atoms. The second-order valence-electron chi connectivity index (χ2n) is 7.36. The molecule has 4 rings (SSSR count). The van der Waals surface area contributed by atoms with Crippen LogP contribution in [0.2, 0.25) is 10.0 Å². The number of aromatic nitrogens is 2. The van der Waals surface area contributed by atoms with Gasteiger partial charge in [0.1, 0.15) is 0 Å². The highest BCUT2D eigenvalue weighted by molar-refractivity contribution is 7.99. The quantitative estimate of drug-likeness (QED) is 0.423. The molecule has 0 radical (unpaired) electrons. The van der Waals surface area contributed by atoms with Crippen LogP contribution in [0.5, 0.6) is 0 Å². The first-order valence-corrected chi connectivity index (χ1v) is 11.8. The van der Waals surface area contributed by atoms with Crippen LogP contribution in [0.15, 0.2) is 59.9 Å². The number of amides is 1. The molecule has 0 aliphatic carbocycles. The Kier molecular flexibility index (Phi) is 7.03. The van der Waals surface area contributed by atoms with Crippen molar-refractivity contribution in [2.45, 2.75) is 31.0 Å². The molecule has 1 fully saturated rings. The standard InChI is InChI=1S/C23H23Cl2N3OS/c24-19-10-9-18(13-20(19)25)21-14-26-23(28(21)15-17-7-3-1-4-8-17)30-16-22(29)27-11-5-2-6-12-27/h1,3-4,7-10,13-14H,2,5-6,11-12,15-16H2. The molecular weight excluding hydrogens is 437 g/mol. The van der Waals surface area contributed by atoms with Crippen LogP contribution in [-0.4, -0.2) is 39.2 Å². The van der Waals surface area contributed by atoms with Gasteiger partial charge in [-0.1, -0.05) is 71.4 Å². The largest absolute Gasteiger partial charge is 0.342 e. The van der Waals surface area contributed by atoms with Crippen molar-refractivity contribution in [2.24, 2.45) is 0 Å². The summed E-state index contributed by atoms with van der Waals surface area (Å²) < 4.78 is 2.14. The van der Waals surface area contributed by atoms with Crippen LogP contribution in [0.4, 0.5) is 0 Å². The second kappa shape index (κ2) is 9.90. The Balaban J connectivity index is 1.60. The molecule has 0 atom stereocenters. The summed E-state index contributed by atoms with van der Waals surface area (Å²) in [6.07, 6.45) is 5.25. The fraction of sp³-hybridized carbons (Fsp3) is 0.304. The van der Waals surface area contributed by atoms with Gasteiger partial charge in [0, 0.05) is 18.7 Å². The summed E-state index contributed by atoms with van der Waals surface area (Å²) in [5.41, 5.74) is 3.06. The van der Waals surface area contributed by atoms with Crippen LogP contribution in [-0.2, 0) is 11.3 Å². The minimum Gasteiger partial charge on any atom is -0.342 e. The normalized spacial score (nSPS) is 14.1. The zero-order valence-corrected chi connectivity index (χ0v) is 18.9. The van der Waals surface area contributed by atoms with Crippen molar-refractivity contribution in [3.8, 4) is 11.3 Å². The molecule has 7 heteroatoms. The van der Waals surface area contributed by atoms with E-state index >= 15 is 0 Å². The van der Waals surface area contributed by atoms with Gasteiger partial charge in [0.25, 0.3) is 0 Å². The molecule has 4 nitrogen and oxygen atoms in total. The van der Waals surface area contributed by atoms with E-state index in [4.69, 9.17) is 23.2 Å². The van der Waals surface area contributed by atoms with E-state index in [1.807, 2.05) is 41.4 Å². The molecule has 1 aliphatic heterocycles. The van der Waals surface area contributed by atoms with Crippen molar-refractivity contribution in [2.75, 3.05) is 18.8 Å². The number of piperidine rings is 1. The van der Waals surface area contributed by atoms with Gasteiger partial charge >= 0.3 is 0 Å². The summed E-state index contributed by atoms with van der Waals surface area (Å²) >= 11 is 13.8. The summed E-state index contributed by atoms with van der Waals surface area (Å²) in [6, 6.07) is 15.8. The Morgan fingerprint density at radius 3 is 2.50 bits per heavy atom. The van der Waals surface area contributed by atoms with Crippen molar-refractivity contribution in [1.82, 2.24) is 14.5 Å². The average molecular weight is 460 g/mol. The minimum absolute atomic E-state index is 0.185. The molecular formula is C23H23Cl2N3OS. The second-order valence-corrected chi connectivity index (χ2v) is 9.11. The Morgan fingerprint density at radius 2 is 1.77 bits per heavy atom. The van der Waals surface area contributed by atoms with Gasteiger partial charge in [-0.3, -0.25) is 4.79 Å². The predicted molar refractivity (Wildman–Crippen MR) is 124 cm³/mol. The summed E-state index contributed by atoms with van der Waals surface area (Å²) in [5.74, 6) is 0.581. The number of thioether (sulfide) groups is 1. The first kappa shape index (κ1) is 21.3. The van der Waals surface area contributed by atoms with E-state index < -0.39 is 0 Å². The van der Waals surface area contributed by atoms with Gasteiger partial charge < -0.3 is 9.47 Å². The fourth-order valence-electron chi connectivity index (χ4n) is 3.64. The number of nitrogens with zero attached hydrogens (tertiary/aromatic N) is 3. The van der Waals surface area contributed by atoms with Gasteiger partial charge in [-0.2, -0.15) is 0 Å². The Hall–Kier alpha value is -1.95. The number of hydrogen-bond acceptors (Lipinski definition) is 3. The molecule has 2 aromatic carbocycles. The molecule has 1 aromatic heterocycles. The van der Waals surface area contributed by atoms with Gasteiger partial charge in [0.15, 0.2) is 5.16 Å². The SMILES string of the molecule is O=C(CSc1ncc(-c2ccc(Cl)c(Cl)c2)n1Cc1ccccc1)N1CCCCC1. The van der Waals surface area contributed by atoms with Crippen LogP contribution in [0.3, 0.4) is 0 Å². The van der Waals surface area contributed by atoms with E-state index in [1.54, 1.807) is 6.07 Å². The Bertz CT molecular complexity index is 1020. The number of rotatable bonds is 6. The van der Waals surface area contributed by atoms with E-state index in [0.717, 1.165) is 42.3 Å². The van der Waals surface area contributed by atoms with Gasteiger partial charge in [-0.15, -0.1) is 0 Å². The average Bonchev–Trinajstić information content (AvgIpc) is 3.17. The molecule has 1 amide bonds. The molecule has 0 unspecified atom stereocenters. The third-order valence-corrected chi connectivity index (χ3v) is 6.97. The molecule has 3 aromatic rings. The molecule has 1 aliphatic rings. The van der Waals surface area contributed by atoms with E-state index in [1.165, 1.54) is 23.7 Å². The van der Waals surface area contributed by atoms with Gasteiger partial charge in [0.2, 0.25) is 5.91 Å². The highest BCUT2D eigenvalue weighted by Gasteiger charge is 2.19. The smallest absolute Gasteiger partial charge is 0.233 e. The molecule has 2 heterocycles. The number of hydrogen-bond donors (Lipinski definition) is 0. The topological polar surface area (TPSA) is 38.1 Å². The number of carbonyl (C=O) groups excluding carboxylic acids is 1. The van der Waals surface area contributed by atoms with Crippen LogP contribution in [0.25, 0.3) is 11.3 Å². The molecule has 0 spiro atoms. The summed E-state index contributed by atoms with van der Waals surface area (Å²) in [4.78, 5) is 19.2. The minimum atomic E-state index is 0.185. The van der Waals surface area contributed by atoms with Gasteiger partial charge in [-0.05, 0) is 37.0 Å². The van der Waals surface area contributed by atoms with Crippen LogP contribution < -0.4 is 0 Å². The number of imidazole rings is 1. The monoisotopic (exact) mass is 459 g/mol. The fourth-order valence-corrected chi connectivity index (χ4v) is 4.82. The summed E-state index contributed by atoms with van der Waals surface area (Å²) in [7, 11) is 0. The first-order valence-electron chi connectivity index (χ1n) is 10.1. The highest BCUT2D eigenvalue weighted by Crippen LogP contribution is 2.32. The zero-order valence-electron chi connectivity index (χ0n) is 16.6. The van der Waals surface area contributed by atoms with Crippen molar-refractivity contribution in [3.05, 3.63) is 70.3 Å². The lowest BCUT2D eigenvalue weighted by atomic mass is 10.1. The molecule has 0 saturated carbocycles. The summed E-state index contributed by atoms with van der Waals surface area (Å²) in [5, 5.41) is 1.86. The van der Waals surface area contributed by atoms with E-state index in [2.05, 4.69) is 21.7 Å². The number of likely N-dealkylation sites (tertiary alicyclic amines) is 1. The van der Waals surface area contributed by atoms with Crippen LogP contribution in [0, 0.1) is 0 Å². The van der Waals surface area contributed by atoms with Crippen molar-refractivity contribution in [3.63, 3.8) is 0 Å². The van der Waals surface area contributed by atoms with E-state index in [0.29, 0.717) is 22.3 Å². The first-order chi connectivity index (χ1) is 14.6. The number of carbonyl (C=O) groups is 1. The lowest BCUT2D eigenvalue weighted by Crippen LogP contribution is -2.36. The molecule has 1 saturated heterocycles.